The fourth-order valence-corrected chi connectivity index (χ4v) is 2.95. The predicted molar refractivity (Wildman–Crippen MR) is 101 cm³/mol. The van der Waals surface area contributed by atoms with Gasteiger partial charge in [-0.2, -0.15) is 5.10 Å². The lowest BCUT2D eigenvalue weighted by Crippen LogP contribution is -2.31. The molecule has 0 aliphatic carbocycles. The number of aliphatic hydroxyl groups is 1. The Morgan fingerprint density at radius 3 is 2.60 bits per heavy atom. The molecule has 0 amide bonds. The molecule has 2 atom stereocenters. The Kier molecular flexibility index (Phi) is 6.99. The van der Waals surface area contributed by atoms with Gasteiger partial charge in [-0.05, 0) is 19.4 Å². The van der Waals surface area contributed by atoms with E-state index in [1.165, 1.54) is 0 Å². The molecular formula is C19H30N4O2. The highest BCUT2D eigenvalue weighted by atomic mass is 16.5. The van der Waals surface area contributed by atoms with Crippen LogP contribution in [0.4, 0.5) is 5.82 Å². The van der Waals surface area contributed by atoms with E-state index in [1.54, 1.807) is 0 Å². The molecule has 138 valence electrons. The van der Waals surface area contributed by atoms with Crippen LogP contribution in [0, 0.1) is 6.92 Å². The van der Waals surface area contributed by atoms with Crippen LogP contribution in [0.3, 0.4) is 0 Å². The molecule has 1 aromatic heterocycles. The van der Waals surface area contributed by atoms with Gasteiger partial charge in [0, 0.05) is 39.8 Å². The summed E-state index contributed by atoms with van der Waals surface area (Å²) in [6.45, 7) is 5.44. The molecule has 6 nitrogen and oxygen atoms in total. The van der Waals surface area contributed by atoms with Crippen LogP contribution in [0.1, 0.15) is 29.8 Å². The molecule has 2 aromatic rings. The zero-order valence-corrected chi connectivity index (χ0v) is 15.9. The van der Waals surface area contributed by atoms with Crippen LogP contribution in [-0.2, 0) is 18.3 Å². The molecule has 0 aliphatic heterocycles. The van der Waals surface area contributed by atoms with Crippen molar-refractivity contribution in [3.05, 3.63) is 47.2 Å². The first-order valence-corrected chi connectivity index (χ1v) is 8.65. The Labute approximate surface area is 150 Å². The standard InChI is InChI=1S/C19H30N4O2/c1-14-18(19(22(3)4)23(5)21-14)12-20-11-17(24)13-25-15(2)16-9-7-6-8-10-16/h6-10,15,17,20,24H,11-13H2,1-5H3. The number of benzene rings is 1. The third-order valence-corrected chi connectivity index (χ3v) is 4.23. The number of ether oxygens (including phenoxy) is 1. The van der Waals surface area contributed by atoms with E-state index in [-0.39, 0.29) is 6.10 Å². The first-order valence-electron chi connectivity index (χ1n) is 8.65. The van der Waals surface area contributed by atoms with E-state index in [9.17, 15) is 5.11 Å². The molecule has 2 unspecified atom stereocenters. The Balaban J connectivity index is 1.78. The first kappa shape index (κ1) is 19.4. The molecule has 0 radical (unpaired) electrons. The van der Waals surface area contributed by atoms with Crippen molar-refractivity contribution in [2.45, 2.75) is 32.6 Å². The highest BCUT2D eigenvalue weighted by Gasteiger charge is 2.15. The number of hydrogen-bond acceptors (Lipinski definition) is 5. The van der Waals surface area contributed by atoms with Gasteiger partial charge in [0.1, 0.15) is 5.82 Å². The summed E-state index contributed by atoms with van der Waals surface area (Å²) in [6, 6.07) is 10.0. The van der Waals surface area contributed by atoms with E-state index < -0.39 is 6.10 Å². The van der Waals surface area contributed by atoms with Gasteiger partial charge in [-0.15, -0.1) is 0 Å². The Bertz CT molecular complexity index is 655. The average molecular weight is 346 g/mol. The summed E-state index contributed by atoms with van der Waals surface area (Å²) in [5.74, 6) is 1.08. The van der Waals surface area contributed by atoms with Crippen LogP contribution >= 0.6 is 0 Å². The summed E-state index contributed by atoms with van der Waals surface area (Å²) in [5, 5.41) is 17.9. The van der Waals surface area contributed by atoms with Crippen molar-refractivity contribution in [2.24, 2.45) is 7.05 Å². The van der Waals surface area contributed by atoms with Crippen molar-refractivity contribution in [1.29, 1.82) is 0 Å². The van der Waals surface area contributed by atoms with Crippen molar-refractivity contribution in [3.63, 3.8) is 0 Å². The molecule has 6 heteroatoms. The Hall–Kier alpha value is -1.89. The minimum Gasteiger partial charge on any atom is -0.389 e. The lowest BCUT2D eigenvalue weighted by atomic mass is 10.1. The molecule has 25 heavy (non-hydrogen) atoms. The van der Waals surface area contributed by atoms with Crippen molar-refractivity contribution in [2.75, 3.05) is 32.1 Å². The van der Waals surface area contributed by atoms with Gasteiger partial charge in [0.05, 0.1) is 24.5 Å². The summed E-state index contributed by atoms with van der Waals surface area (Å²) in [7, 11) is 5.96. The highest BCUT2D eigenvalue weighted by molar-refractivity contribution is 5.48. The molecule has 0 spiro atoms. The van der Waals surface area contributed by atoms with Crippen molar-refractivity contribution in [3.8, 4) is 0 Å². The Morgan fingerprint density at radius 1 is 1.28 bits per heavy atom. The number of nitrogens with zero attached hydrogens (tertiary/aromatic N) is 3. The van der Waals surface area contributed by atoms with Crippen LogP contribution in [0.5, 0.6) is 0 Å². The molecule has 0 bridgehead atoms. The zero-order valence-electron chi connectivity index (χ0n) is 15.9. The van der Waals surface area contributed by atoms with E-state index in [2.05, 4.69) is 15.3 Å². The fraction of sp³-hybridized carbons (Fsp3) is 0.526. The van der Waals surface area contributed by atoms with Gasteiger partial charge in [-0.3, -0.25) is 4.68 Å². The second-order valence-electron chi connectivity index (χ2n) is 6.58. The number of aromatic nitrogens is 2. The van der Waals surface area contributed by atoms with Gasteiger partial charge in [0.15, 0.2) is 0 Å². The minimum absolute atomic E-state index is 0.0308. The van der Waals surface area contributed by atoms with Crippen molar-refractivity contribution >= 4 is 5.82 Å². The van der Waals surface area contributed by atoms with Gasteiger partial charge in [-0.1, -0.05) is 30.3 Å². The molecule has 2 rings (SSSR count). The molecule has 0 saturated carbocycles. The van der Waals surface area contributed by atoms with Crippen LogP contribution in [-0.4, -0.2) is 48.2 Å². The maximum Gasteiger partial charge on any atom is 0.130 e. The Morgan fingerprint density at radius 2 is 1.96 bits per heavy atom. The predicted octanol–water partition coefficient (Wildman–Crippen LogP) is 2.02. The van der Waals surface area contributed by atoms with E-state index in [4.69, 9.17) is 4.74 Å². The molecule has 0 fully saturated rings. The lowest BCUT2D eigenvalue weighted by Gasteiger charge is -2.18. The van der Waals surface area contributed by atoms with E-state index in [1.807, 2.05) is 70.0 Å². The van der Waals surface area contributed by atoms with E-state index in [0.717, 1.165) is 22.6 Å². The minimum atomic E-state index is -0.550. The topological polar surface area (TPSA) is 62.6 Å². The first-order chi connectivity index (χ1) is 11.9. The number of aryl methyl sites for hydroxylation is 2. The molecule has 0 saturated heterocycles. The number of hydrogen-bond donors (Lipinski definition) is 2. The van der Waals surface area contributed by atoms with Crippen LogP contribution in [0.25, 0.3) is 0 Å². The third kappa shape index (κ3) is 5.29. The quantitative estimate of drug-likeness (QED) is 0.727. The maximum absolute atomic E-state index is 10.2. The normalized spacial score (nSPS) is 13.7. The number of aliphatic hydroxyl groups excluding tert-OH is 1. The van der Waals surface area contributed by atoms with Crippen molar-refractivity contribution < 1.29 is 9.84 Å². The molecule has 1 aromatic carbocycles. The molecule has 2 N–H and O–H groups in total. The van der Waals surface area contributed by atoms with Crippen LogP contribution < -0.4 is 10.2 Å². The second-order valence-corrected chi connectivity index (χ2v) is 6.58. The lowest BCUT2D eigenvalue weighted by molar-refractivity contribution is -0.00212. The van der Waals surface area contributed by atoms with Crippen LogP contribution in [0.15, 0.2) is 30.3 Å². The largest absolute Gasteiger partial charge is 0.389 e. The zero-order chi connectivity index (χ0) is 18.4. The smallest absolute Gasteiger partial charge is 0.130 e. The van der Waals surface area contributed by atoms with E-state index in [0.29, 0.717) is 19.7 Å². The summed E-state index contributed by atoms with van der Waals surface area (Å²) in [6.07, 6.45) is -0.581. The average Bonchev–Trinajstić information content (AvgIpc) is 2.87. The van der Waals surface area contributed by atoms with E-state index >= 15 is 0 Å². The second kappa shape index (κ2) is 8.99. The SMILES string of the molecule is Cc1nn(C)c(N(C)C)c1CNCC(O)COC(C)c1ccccc1. The van der Waals surface area contributed by atoms with Crippen molar-refractivity contribution in [1.82, 2.24) is 15.1 Å². The van der Waals surface area contributed by atoms with Gasteiger partial charge in [0.2, 0.25) is 0 Å². The third-order valence-electron chi connectivity index (χ3n) is 4.23. The van der Waals surface area contributed by atoms with Gasteiger partial charge in [0.25, 0.3) is 0 Å². The number of nitrogens with one attached hydrogen (secondary N) is 1. The summed E-state index contributed by atoms with van der Waals surface area (Å²) >= 11 is 0. The summed E-state index contributed by atoms with van der Waals surface area (Å²) in [4.78, 5) is 2.05. The monoisotopic (exact) mass is 346 g/mol. The summed E-state index contributed by atoms with van der Waals surface area (Å²) in [5.41, 5.74) is 3.27. The number of anilines is 1. The maximum atomic E-state index is 10.2. The summed E-state index contributed by atoms with van der Waals surface area (Å²) < 4.78 is 7.65. The van der Waals surface area contributed by atoms with Gasteiger partial charge in [-0.25, -0.2) is 0 Å². The fourth-order valence-electron chi connectivity index (χ4n) is 2.95. The van der Waals surface area contributed by atoms with Crippen LogP contribution in [0.2, 0.25) is 0 Å². The number of rotatable bonds is 9. The molecule has 1 heterocycles. The molecular weight excluding hydrogens is 316 g/mol. The van der Waals surface area contributed by atoms with Gasteiger partial charge < -0.3 is 20.1 Å². The van der Waals surface area contributed by atoms with Gasteiger partial charge >= 0.3 is 0 Å². The molecule has 0 aliphatic rings. The highest BCUT2D eigenvalue weighted by Crippen LogP contribution is 2.21.